The molecule has 1 saturated carbocycles. The minimum Gasteiger partial charge on any atom is -0.497 e. The SMILES string of the molecule is COc1ccc([C@H](c2ccccc2)C(C)(C)C(=O)NC2CCCC2)cc1. The quantitative estimate of drug-likeness (QED) is 0.803. The first-order valence-electron chi connectivity index (χ1n) is 9.52. The molecule has 0 radical (unpaired) electrons. The number of benzene rings is 2. The summed E-state index contributed by atoms with van der Waals surface area (Å²) in [5.41, 5.74) is 1.73. The molecule has 1 N–H and O–H groups in total. The van der Waals surface area contributed by atoms with Crippen molar-refractivity contribution in [3.8, 4) is 5.75 Å². The Hall–Kier alpha value is -2.29. The van der Waals surface area contributed by atoms with Crippen LogP contribution in [0.3, 0.4) is 0 Å². The lowest BCUT2D eigenvalue weighted by Crippen LogP contribution is -2.45. The molecule has 2 aromatic carbocycles. The first-order chi connectivity index (χ1) is 12.5. The second kappa shape index (κ2) is 7.94. The van der Waals surface area contributed by atoms with E-state index in [0.29, 0.717) is 6.04 Å². The van der Waals surface area contributed by atoms with Gasteiger partial charge in [-0.3, -0.25) is 4.79 Å². The van der Waals surface area contributed by atoms with Crippen LogP contribution >= 0.6 is 0 Å². The first kappa shape index (κ1) is 18.5. The van der Waals surface area contributed by atoms with E-state index in [0.717, 1.165) is 29.7 Å². The molecule has 3 nitrogen and oxygen atoms in total. The summed E-state index contributed by atoms with van der Waals surface area (Å²) in [5, 5.41) is 3.30. The van der Waals surface area contributed by atoms with Crippen molar-refractivity contribution in [2.24, 2.45) is 5.41 Å². The second-order valence-electron chi connectivity index (χ2n) is 7.79. The van der Waals surface area contributed by atoms with E-state index in [1.165, 1.54) is 12.8 Å². The average molecular weight is 351 g/mol. The van der Waals surface area contributed by atoms with Gasteiger partial charge in [0.15, 0.2) is 0 Å². The van der Waals surface area contributed by atoms with Crippen LogP contribution in [0.5, 0.6) is 5.75 Å². The van der Waals surface area contributed by atoms with Gasteiger partial charge in [0.05, 0.1) is 12.5 Å². The minimum absolute atomic E-state index is 0.0176. The summed E-state index contributed by atoms with van der Waals surface area (Å²) in [6, 6.07) is 18.7. The van der Waals surface area contributed by atoms with Crippen LogP contribution in [0.1, 0.15) is 56.6 Å². The van der Waals surface area contributed by atoms with Gasteiger partial charge < -0.3 is 10.1 Å². The van der Waals surface area contributed by atoms with Crippen LogP contribution in [0.25, 0.3) is 0 Å². The summed E-state index contributed by atoms with van der Waals surface area (Å²) in [5.74, 6) is 0.943. The molecule has 3 rings (SSSR count). The smallest absolute Gasteiger partial charge is 0.226 e. The van der Waals surface area contributed by atoms with Gasteiger partial charge in [-0.1, -0.05) is 69.2 Å². The molecular formula is C23H29NO2. The fourth-order valence-corrected chi connectivity index (χ4v) is 4.04. The predicted octanol–water partition coefficient (Wildman–Crippen LogP) is 4.91. The zero-order chi connectivity index (χ0) is 18.6. The Balaban J connectivity index is 1.94. The summed E-state index contributed by atoms with van der Waals surface area (Å²) in [6.45, 7) is 4.11. The van der Waals surface area contributed by atoms with Gasteiger partial charge in [-0.2, -0.15) is 0 Å². The molecule has 2 aromatic rings. The van der Waals surface area contributed by atoms with Gasteiger partial charge in [0, 0.05) is 12.0 Å². The highest BCUT2D eigenvalue weighted by Crippen LogP contribution is 2.42. The van der Waals surface area contributed by atoms with Crippen LogP contribution in [0, 0.1) is 5.41 Å². The Morgan fingerprint density at radius 2 is 1.58 bits per heavy atom. The van der Waals surface area contributed by atoms with Gasteiger partial charge in [-0.15, -0.1) is 0 Å². The number of rotatable bonds is 6. The van der Waals surface area contributed by atoms with Crippen molar-refractivity contribution in [1.82, 2.24) is 5.32 Å². The first-order valence-corrected chi connectivity index (χ1v) is 9.52. The summed E-state index contributed by atoms with van der Waals surface area (Å²) in [6.07, 6.45) is 4.62. The molecule has 0 aromatic heterocycles. The summed E-state index contributed by atoms with van der Waals surface area (Å²) in [4.78, 5) is 13.2. The van der Waals surface area contributed by atoms with E-state index in [4.69, 9.17) is 4.74 Å². The highest BCUT2D eigenvalue weighted by Gasteiger charge is 2.39. The van der Waals surface area contributed by atoms with Crippen LogP contribution in [0.15, 0.2) is 54.6 Å². The number of carbonyl (C=O) groups is 1. The monoisotopic (exact) mass is 351 g/mol. The number of hydrogen-bond acceptors (Lipinski definition) is 2. The zero-order valence-electron chi connectivity index (χ0n) is 16.0. The van der Waals surface area contributed by atoms with Crippen LogP contribution in [-0.2, 0) is 4.79 Å². The second-order valence-corrected chi connectivity index (χ2v) is 7.79. The molecular weight excluding hydrogens is 322 g/mol. The van der Waals surface area contributed by atoms with Gasteiger partial charge in [-0.05, 0) is 36.1 Å². The molecule has 1 atom stereocenters. The molecule has 3 heteroatoms. The molecule has 138 valence electrons. The van der Waals surface area contributed by atoms with E-state index < -0.39 is 5.41 Å². The Kier molecular flexibility index (Phi) is 5.65. The number of carbonyl (C=O) groups excluding carboxylic acids is 1. The molecule has 0 spiro atoms. The third-order valence-electron chi connectivity index (χ3n) is 5.58. The third kappa shape index (κ3) is 3.92. The van der Waals surface area contributed by atoms with E-state index in [2.05, 4.69) is 43.4 Å². The number of methoxy groups -OCH3 is 1. The van der Waals surface area contributed by atoms with Crippen LogP contribution < -0.4 is 10.1 Å². The molecule has 0 bridgehead atoms. The Morgan fingerprint density at radius 3 is 2.15 bits per heavy atom. The van der Waals surface area contributed by atoms with Crippen molar-refractivity contribution in [2.75, 3.05) is 7.11 Å². The number of amides is 1. The highest BCUT2D eigenvalue weighted by molar-refractivity contribution is 5.84. The minimum atomic E-state index is -0.557. The van der Waals surface area contributed by atoms with Gasteiger partial charge in [0.2, 0.25) is 5.91 Å². The summed E-state index contributed by atoms with van der Waals surface area (Å²) < 4.78 is 5.30. The largest absolute Gasteiger partial charge is 0.497 e. The maximum Gasteiger partial charge on any atom is 0.226 e. The molecule has 1 aliphatic carbocycles. The van der Waals surface area contributed by atoms with Crippen LogP contribution in [-0.4, -0.2) is 19.1 Å². The standard InChI is InChI=1S/C23H29NO2/c1-23(2,22(25)24-19-11-7-8-12-19)21(17-9-5-4-6-10-17)18-13-15-20(26-3)16-14-18/h4-6,9-10,13-16,19,21H,7-8,11-12H2,1-3H3,(H,24,25)/t21-/m0/s1. The van der Waals surface area contributed by atoms with Gasteiger partial charge >= 0.3 is 0 Å². The predicted molar refractivity (Wildman–Crippen MR) is 105 cm³/mol. The molecule has 26 heavy (non-hydrogen) atoms. The van der Waals surface area contributed by atoms with E-state index >= 15 is 0 Å². The van der Waals surface area contributed by atoms with Crippen molar-refractivity contribution < 1.29 is 9.53 Å². The normalized spacial score (nSPS) is 16.3. The van der Waals surface area contributed by atoms with Crippen molar-refractivity contribution in [3.05, 3.63) is 65.7 Å². The summed E-state index contributed by atoms with van der Waals surface area (Å²) >= 11 is 0. The molecule has 0 saturated heterocycles. The zero-order valence-corrected chi connectivity index (χ0v) is 16.0. The van der Waals surface area contributed by atoms with Gasteiger partial charge in [0.1, 0.15) is 5.75 Å². The van der Waals surface area contributed by atoms with E-state index in [9.17, 15) is 4.79 Å². The van der Waals surface area contributed by atoms with Crippen molar-refractivity contribution >= 4 is 5.91 Å². The number of ether oxygens (including phenoxy) is 1. The van der Waals surface area contributed by atoms with E-state index in [1.54, 1.807) is 7.11 Å². The van der Waals surface area contributed by atoms with Crippen LogP contribution in [0.2, 0.25) is 0 Å². The topological polar surface area (TPSA) is 38.3 Å². The third-order valence-corrected chi connectivity index (χ3v) is 5.58. The Labute approximate surface area is 156 Å². The lowest BCUT2D eigenvalue weighted by Gasteiger charge is -2.35. The lowest BCUT2D eigenvalue weighted by molar-refractivity contribution is -0.130. The fourth-order valence-electron chi connectivity index (χ4n) is 4.04. The number of hydrogen-bond donors (Lipinski definition) is 1. The lowest BCUT2D eigenvalue weighted by atomic mass is 9.70. The van der Waals surface area contributed by atoms with E-state index in [-0.39, 0.29) is 11.8 Å². The fraction of sp³-hybridized carbons (Fsp3) is 0.435. The van der Waals surface area contributed by atoms with Gasteiger partial charge in [-0.25, -0.2) is 0 Å². The number of nitrogens with one attached hydrogen (secondary N) is 1. The molecule has 1 aliphatic rings. The van der Waals surface area contributed by atoms with Crippen molar-refractivity contribution in [2.45, 2.75) is 51.5 Å². The van der Waals surface area contributed by atoms with Crippen LogP contribution in [0.4, 0.5) is 0 Å². The van der Waals surface area contributed by atoms with Crippen molar-refractivity contribution in [3.63, 3.8) is 0 Å². The van der Waals surface area contributed by atoms with E-state index in [1.807, 2.05) is 30.3 Å². The Bertz CT molecular complexity index is 716. The maximum absolute atomic E-state index is 13.2. The molecule has 1 fully saturated rings. The molecule has 0 aliphatic heterocycles. The highest BCUT2D eigenvalue weighted by atomic mass is 16.5. The molecule has 0 unspecified atom stereocenters. The summed E-state index contributed by atoms with van der Waals surface area (Å²) in [7, 11) is 1.67. The van der Waals surface area contributed by atoms with Crippen molar-refractivity contribution in [1.29, 1.82) is 0 Å². The van der Waals surface area contributed by atoms with Gasteiger partial charge in [0.25, 0.3) is 0 Å². The molecule has 0 heterocycles. The molecule has 1 amide bonds. The maximum atomic E-state index is 13.2. The average Bonchev–Trinajstić information content (AvgIpc) is 3.16. The Morgan fingerprint density at radius 1 is 1.00 bits per heavy atom.